The first-order valence-corrected chi connectivity index (χ1v) is 2.45. The van der Waals surface area contributed by atoms with Gasteiger partial charge in [-0.1, -0.05) is 0 Å². The predicted octanol–water partition coefficient (Wildman–Crippen LogP) is 3.02. The van der Waals surface area contributed by atoms with Gasteiger partial charge in [0.15, 0.2) is 0 Å². The molecule has 0 aromatic rings. The normalized spacial score (nSPS) is 3.60. The van der Waals surface area contributed by atoms with Gasteiger partial charge in [-0.2, -0.15) is 0 Å². The van der Waals surface area contributed by atoms with E-state index >= 15 is 0 Å². The van der Waals surface area contributed by atoms with E-state index < -0.39 is 0 Å². The molecule has 0 aliphatic carbocycles. The smallest absolute Gasteiger partial charge is 0.245 e. The molecule has 0 N–H and O–H groups in total. The summed E-state index contributed by atoms with van der Waals surface area (Å²) < 4.78 is 0. The van der Waals surface area contributed by atoms with Crippen molar-refractivity contribution in [1.29, 1.82) is 0 Å². The Balaban J connectivity index is -0.0000000257. The Kier molecular flexibility index (Phi) is 177. The van der Waals surface area contributed by atoms with Crippen molar-refractivity contribution in [3.05, 3.63) is 58.7 Å². The van der Waals surface area contributed by atoms with Crippen LogP contribution in [0.15, 0.2) is 38.0 Å². The Hall–Kier alpha value is -0.547. The molecule has 0 aromatic heterocycles. The van der Waals surface area contributed by atoms with Crippen molar-refractivity contribution in [2.24, 2.45) is 0 Å². The molecule has 0 nitrogen and oxygen atoms in total. The van der Waals surface area contributed by atoms with E-state index in [1.165, 1.54) is 18.2 Å². The first kappa shape index (κ1) is 22.7. The molecule has 0 spiro atoms. The van der Waals surface area contributed by atoms with E-state index in [0.717, 1.165) is 0 Å². The average Bonchev–Trinajstić information content (AvgIpc) is 1.70. The minimum atomic E-state index is 0. The van der Waals surface area contributed by atoms with E-state index in [4.69, 9.17) is 0 Å². The van der Waals surface area contributed by atoms with Crippen LogP contribution in [-0.4, -0.2) is 0 Å². The molecule has 0 amide bonds. The van der Waals surface area contributed by atoms with E-state index in [0.29, 0.717) is 0 Å². The zero-order valence-electron chi connectivity index (χ0n) is 6.31. The summed E-state index contributed by atoms with van der Waals surface area (Å²) in [6.07, 6.45) is 4.50. The molecule has 0 aliphatic rings. The van der Waals surface area contributed by atoms with Gasteiger partial charge in [-0.3, -0.25) is 0 Å². The van der Waals surface area contributed by atoms with Crippen molar-refractivity contribution in [3.8, 4) is 0 Å². The summed E-state index contributed by atoms with van der Waals surface area (Å²) in [5, 5.41) is 0. The second-order valence-corrected chi connectivity index (χ2v) is 0.866. The molecule has 0 unspecified atom stereocenters. The standard InChI is InChI=1S/3C3H5.Rh/c3*1-3-2;/h3*3H,1-2H2;/q3*-1;+3. The topological polar surface area (TPSA) is 0 Å². The van der Waals surface area contributed by atoms with E-state index in [9.17, 15) is 0 Å². The van der Waals surface area contributed by atoms with Crippen LogP contribution in [0, 0.1) is 20.8 Å². The zero-order chi connectivity index (χ0) is 8.12. The molecule has 0 rings (SSSR count). The Morgan fingerprint density at radius 1 is 0.700 bits per heavy atom. The fourth-order valence-electron chi connectivity index (χ4n) is 0. The third-order valence-electron chi connectivity index (χ3n) is 0. The van der Waals surface area contributed by atoms with Gasteiger partial charge < -0.3 is 0 Å². The summed E-state index contributed by atoms with van der Waals surface area (Å²) in [5.41, 5.74) is 0. The van der Waals surface area contributed by atoms with E-state index in [1.807, 2.05) is 0 Å². The Morgan fingerprint density at radius 2 is 0.700 bits per heavy atom. The van der Waals surface area contributed by atoms with Crippen molar-refractivity contribution in [1.82, 2.24) is 0 Å². The van der Waals surface area contributed by atoms with Crippen LogP contribution in [0.3, 0.4) is 0 Å². The maximum atomic E-state index is 3.25. The van der Waals surface area contributed by atoms with Gasteiger partial charge in [0.2, 0.25) is 0 Å². The Bertz CT molecular complexity index is 41.5. The van der Waals surface area contributed by atoms with Gasteiger partial charge in [0.1, 0.15) is 0 Å². The van der Waals surface area contributed by atoms with Gasteiger partial charge in [-0.25, -0.2) is 58.7 Å². The second-order valence-electron chi connectivity index (χ2n) is 0.866. The van der Waals surface area contributed by atoms with Gasteiger partial charge in [-0.05, 0) is 0 Å². The van der Waals surface area contributed by atoms with Crippen LogP contribution in [-0.2, 0) is 19.5 Å². The fraction of sp³-hybridized carbons (Fsp3) is 0. The van der Waals surface area contributed by atoms with Crippen LogP contribution in [0.5, 0.6) is 0 Å². The average molecular weight is 226 g/mol. The molecule has 1 heteroatoms. The summed E-state index contributed by atoms with van der Waals surface area (Å²) >= 11 is 0. The van der Waals surface area contributed by atoms with Gasteiger partial charge in [0.05, 0.1) is 0 Å². The molecule has 0 heterocycles. The zero-order valence-corrected chi connectivity index (χ0v) is 7.95. The largest absolute Gasteiger partial charge is 3.00 e. The fourth-order valence-corrected chi connectivity index (χ4v) is 0. The molecule has 0 fully saturated rings. The molecule has 0 saturated carbocycles. The summed E-state index contributed by atoms with van der Waals surface area (Å²) in [6.45, 7) is 19.5. The summed E-state index contributed by atoms with van der Waals surface area (Å²) in [6, 6.07) is 0. The van der Waals surface area contributed by atoms with Crippen molar-refractivity contribution in [2.75, 3.05) is 0 Å². The minimum absolute atomic E-state index is 0. The van der Waals surface area contributed by atoms with Gasteiger partial charge in [0, 0.05) is 0 Å². The summed E-state index contributed by atoms with van der Waals surface area (Å²) in [5.74, 6) is 0. The Morgan fingerprint density at radius 3 is 0.700 bits per heavy atom. The first-order chi connectivity index (χ1) is 4.24. The van der Waals surface area contributed by atoms with Crippen LogP contribution in [0.2, 0.25) is 0 Å². The third-order valence-corrected chi connectivity index (χ3v) is 0. The van der Waals surface area contributed by atoms with Crippen LogP contribution in [0.1, 0.15) is 0 Å². The molecule has 60 valence electrons. The van der Waals surface area contributed by atoms with Gasteiger partial charge in [0.25, 0.3) is 0 Å². The maximum absolute atomic E-state index is 3.25. The molecule has 0 saturated heterocycles. The minimum Gasteiger partial charge on any atom is -0.245 e. The number of rotatable bonds is 0. The van der Waals surface area contributed by atoms with Crippen LogP contribution in [0.25, 0.3) is 0 Å². The maximum Gasteiger partial charge on any atom is 3.00 e. The molecule has 10 heavy (non-hydrogen) atoms. The summed E-state index contributed by atoms with van der Waals surface area (Å²) in [4.78, 5) is 0. The van der Waals surface area contributed by atoms with E-state index in [1.54, 1.807) is 0 Å². The molecular weight excluding hydrogens is 211 g/mol. The number of hydrogen-bond acceptors (Lipinski definition) is 0. The molecule has 0 atom stereocenters. The predicted molar refractivity (Wildman–Crippen MR) is 46.7 cm³/mol. The second kappa shape index (κ2) is 78.0. The van der Waals surface area contributed by atoms with Crippen molar-refractivity contribution in [2.45, 2.75) is 0 Å². The SMILES string of the molecule is C=C[CH2-].C=C[CH2-].C=C[CH2-].[Rh+3]. The molecule has 0 aliphatic heterocycles. The quantitative estimate of drug-likeness (QED) is 0.440. The monoisotopic (exact) mass is 226 g/mol. The van der Waals surface area contributed by atoms with Crippen LogP contribution < -0.4 is 0 Å². The molecule has 0 aromatic carbocycles. The van der Waals surface area contributed by atoms with Gasteiger partial charge in [-0.15, -0.1) is 0 Å². The first-order valence-electron chi connectivity index (χ1n) is 2.45. The van der Waals surface area contributed by atoms with E-state index in [2.05, 4.69) is 40.5 Å². The van der Waals surface area contributed by atoms with Crippen molar-refractivity contribution >= 4 is 0 Å². The van der Waals surface area contributed by atoms with Gasteiger partial charge >= 0.3 is 19.5 Å². The number of allylic oxidation sites excluding steroid dienone is 3. The van der Waals surface area contributed by atoms with Crippen LogP contribution in [0.4, 0.5) is 0 Å². The van der Waals surface area contributed by atoms with Crippen LogP contribution >= 0.6 is 0 Å². The molecular formula is C9H15Rh. The van der Waals surface area contributed by atoms with Crippen molar-refractivity contribution in [3.63, 3.8) is 0 Å². The number of hydrogen-bond donors (Lipinski definition) is 0. The summed E-state index contributed by atoms with van der Waals surface area (Å²) in [7, 11) is 0. The Labute approximate surface area is 78.5 Å². The van der Waals surface area contributed by atoms with E-state index in [-0.39, 0.29) is 19.5 Å². The third kappa shape index (κ3) is 1040. The van der Waals surface area contributed by atoms with Crippen molar-refractivity contribution < 1.29 is 19.5 Å². The molecule has 0 radical (unpaired) electrons. The molecule has 0 bridgehead atoms.